The van der Waals surface area contributed by atoms with Gasteiger partial charge in [0.2, 0.25) is 5.88 Å². The van der Waals surface area contributed by atoms with Crippen LogP contribution >= 0.6 is 0 Å². The van der Waals surface area contributed by atoms with Crippen LogP contribution in [0, 0.1) is 0 Å². The minimum absolute atomic E-state index is 0.724. The normalized spacial score (nSPS) is 14.2. The van der Waals surface area contributed by atoms with Crippen LogP contribution in [0.5, 0.6) is 34.6 Å². The number of hydrogen-bond acceptors (Lipinski definition) is 4. The van der Waals surface area contributed by atoms with Gasteiger partial charge in [-0.1, -0.05) is 75.6 Å². The summed E-state index contributed by atoms with van der Waals surface area (Å²) < 4.78 is 29.5. The van der Waals surface area contributed by atoms with E-state index in [1.165, 1.54) is 45.2 Å². The van der Waals surface area contributed by atoms with Gasteiger partial charge in [0.05, 0.1) is 5.52 Å². The molecule has 0 saturated carbocycles. The number of ether oxygens (including phenoxy) is 3. The molecule has 7 aromatic rings. The Hall–Kier alpha value is -4.49. The Labute approximate surface area is 248 Å². The van der Waals surface area contributed by atoms with Gasteiger partial charge in [-0.05, 0) is 55.7 Å². The smallest absolute Gasteiger partial charge is 0.430 e. The molecule has 4 aliphatic heterocycles. The topological polar surface area (TPSA) is 45.5 Å². The van der Waals surface area contributed by atoms with Crippen LogP contribution in [0.3, 0.4) is 0 Å². The van der Waals surface area contributed by atoms with E-state index >= 15 is 0 Å². The van der Waals surface area contributed by atoms with Crippen molar-refractivity contribution in [3.8, 4) is 40.3 Å². The lowest BCUT2D eigenvalue weighted by atomic mass is 10.1. The quantitative estimate of drug-likeness (QED) is 0.261. The van der Waals surface area contributed by atoms with Gasteiger partial charge in [-0.3, -0.25) is 0 Å². The molecule has 0 atom stereocenters. The maximum Gasteiger partial charge on any atom is 0.430 e. The van der Waals surface area contributed by atoms with E-state index in [2.05, 4.69) is 102 Å². The summed E-state index contributed by atoms with van der Waals surface area (Å²) in [5.41, 5.74) is 3.74. The fraction of sp³-hybridized carbons (Fsp3) is 0. The number of fused-ring (bicyclic) bond motifs is 11. The number of rotatable bonds is 0. The summed E-state index contributed by atoms with van der Waals surface area (Å²) in [6, 6.07) is 38.8. The Kier molecular flexibility index (Phi) is 4.04. The predicted octanol–water partition coefficient (Wildman–Crippen LogP) is 3.84. The first-order valence-corrected chi connectivity index (χ1v) is 17.8. The summed E-state index contributed by atoms with van der Waals surface area (Å²) in [7, 11) is 0. The number of hydrogen-bond donors (Lipinski definition) is 0. The molecular formula is C35H18Al2N2O3. The first-order chi connectivity index (χ1) is 20.8. The van der Waals surface area contributed by atoms with Crippen LogP contribution in [0.15, 0.2) is 109 Å². The standard InChI is InChI=1S/C35H18N2O3.2Al/c1-2-11-26(12-3-1)38-28-14-9-15-29(23-28)40-35-21-20-30(24-36-35)39-27-13-8-10-25(22-27)37-33-18-6-4-16-31(33)32-17-5-7-19-34(32)37;;/h1-11,13-18,20H;;. The Morgan fingerprint density at radius 3 is 2.17 bits per heavy atom. The fourth-order valence-corrected chi connectivity index (χ4v) is 14.4. The molecular weight excluding hydrogens is 550 g/mol. The molecule has 0 radical (unpaired) electrons. The van der Waals surface area contributed by atoms with Crippen molar-refractivity contribution in [3.05, 3.63) is 109 Å². The highest BCUT2D eigenvalue weighted by Crippen LogP contribution is 2.38. The molecule has 5 aromatic carbocycles. The molecule has 11 rings (SSSR count). The second-order valence-electron chi connectivity index (χ2n) is 11.4. The number of aromatic nitrogens is 2. The van der Waals surface area contributed by atoms with Crippen LogP contribution in [0.25, 0.3) is 27.5 Å². The maximum atomic E-state index is 6.80. The van der Waals surface area contributed by atoms with E-state index in [9.17, 15) is 0 Å². The third-order valence-electron chi connectivity index (χ3n) is 9.39. The van der Waals surface area contributed by atoms with Gasteiger partial charge in [0.15, 0.2) is 0 Å². The zero-order chi connectivity index (χ0) is 27.1. The molecule has 0 N–H and O–H groups in total. The lowest BCUT2D eigenvalue weighted by Gasteiger charge is -2.35. The summed E-state index contributed by atoms with van der Waals surface area (Å²) >= 11 is -3.92. The van der Waals surface area contributed by atoms with Gasteiger partial charge >= 0.3 is 28.3 Å². The van der Waals surface area contributed by atoms with E-state index in [1.54, 1.807) is 0 Å². The third kappa shape index (κ3) is 2.60. The molecule has 6 heterocycles. The monoisotopic (exact) mass is 568 g/mol. The van der Waals surface area contributed by atoms with Crippen LogP contribution in [0.2, 0.25) is 0 Å². The molecule has 4 aliphatic rings. The van der Waals surface area contributed by atoms with Gasteiger partial charge in [-0.2, -0.15) is 0 Å². The summed E-state index contributed by atoms with van der Waals surface area (Å²) in [6.45, 7) is 0. The number of para-hydroxylation sites is 3. The molecule has 7 heteroatoms. The summed E-state index contributed by atoms with van der Waals surface area (Å²) in [4.78, 5) is 5.42. The number of benzene rings is 5. The van der Waals surface area contributed by atoms with Crippen molar-refractivity contribution in [3.63, 3.8) is 0 Å². The van der Waals surface area contributed by atoms with Crippen molar-refractivity contribution in [1.29, 1.82) is 0 Å². The Morgan fingerprint density at radius 1 is 0.524 bits per heavy atom. The van der Waals surface area contributed by atoms with Crippen LogP contribution in [0.4, 0.5) is 0 Å². The third-order valence-corrected chi connectivity index (χ3v) is 15.9. The molecule has 0 bridgehead atoms. The minimum atomic E-state index is -2.00. The maximum absolute atomic E-state index is 6.80. The highest BCUT2D eigenvalue weighted by molar-refractivity contribution is 7.00. The second kappa shape index (κ2) is 7.67. The van der Waals surface area contributed by atoms with E-state index < -0.39 is 28.3 Å². The lowest BCUT2D eigenvalue weighted by molar-refractivity contribution is 0.448. The highest BCUT2D eigenvalue weighted by atomic mass is 27.2. The molecule has 0 aliphatic carbocycles. The Balaban J connectivity index is 1.21. The van der Waals surface area contributed by atoms with Crippen molar-refractivity contribution >= 4 is 76.8 Å². The van der Waals surface area contributed by atoms with E-state index in [0.717, 1.165) is 43.6 Å². The molecule has 0 saturated heterocycles. The molecule has 0 fully saturated rings. The summed E-state index contributed by atoms with van der Waals surface area (Å²) in [5, 5.41) is 2.57. The zero-order valence-corrected chi connectivity index (χ0v) is 24.5. The fourth-order valence-electron chi connectivity index (χ4n) is 7.78. The van der Waals surface area contributed by atoms with Gasteiger partial charge < -0.3 is 18.8 Å². The van der Waals surface area contributed by atoms with Crippen molar-refractivity contribution in [2.45, 2.75) is 0 Å². The van der Waals surface area contributed by atoms with Crippen LogP contribution in [-0.2, 0) is 0 Å². The van der Waals surface area contributed by atoms with Crippen molar-refractivity contribution < 1.29 is 14.2 Å². The Morgan fingerprint density at radius 2 is 1.21 bits per heavy atom. The van der Waals surface area contributed by atoms with Crippen LogP contribution < -0.4 is 40.9 Å². The zero-order valence-electron chi connectivity index (χ0n) is 22.2. The first-order valence-electron chi connectivity index (χ1n) is 14.3. The van der Waals surface area contributed by atoms with Crippen molar-refractivity contribution in [2.75, 3.05) is 0 Å². The van der Waals surface area contributed by atoms with Gasteiger partial charge in [0.25, 0.3) is 0 Å². The van der Waals surface area contributed by atoms with Crippen molar-refractivity contribution in [1.82, 2.24) is 9.55 Å². The number of pyridine rings is 1. The summed E-state index contributed by atoms with van der Waals surface area (Å²) in [5.74, 6) is 5.24. The van der Waals surface area contributed by atoms with Crippen LogP contribution in [0.1, 0.15) is 0 Å². The SMILES string of the molecule is c1cc[c]2c(c1)Oc1cccc3[c]1[Al]2[c]1cc2[c](nc1O3)[Al]1[c]3c(cccc3-n3c4ccccc4c4ccc[c]1c43)O2. The van der Waals surface area contributed by atoms with Gasteiger partial charge in [0.1, 0.15) is 28.7 Å². The molecule has 0 amide bonds. The Bertz CT molecular complexity index is 2380. The van der Waals surface area contributed by atoms with E-state index in [1.807, 2.05) is 12.1 Å². The highest BCUT2D eigenvalue weighted by Gasteiger charge is 2.47. The second-order valence-corrected chi connectivity index (χ2v) is 16.7. The molecule has 42 heavy (non-hydrogen) atoms. The van der Waals surface area contributed by atoms with Crippen LogP contribution in [-0.4, -0.2) is 37.8 Å². The summed E-state index contributed by atoms with van der Waals surface area (Å²) in [6.07, 6.45) is 0. The average molecular weight is 569 g/mol. The van der Waals surface area contributed by atoms with E-state index in [-0.39, 0.29) is 0 Å². The molecule has 2 aromatic heterocycles. The lowest BCUT2D eigenvalue weighted by Crippen LogP contribution is -2.62. The largest absolute Gasteiger partial charge is 0.460 e. The predicted molar refractivity (Wildman–Crippen MR) is 167 cm³/mol. The first kappa shape index (κ1) is 22.2. The van der Waals surface area contributed by atoms with Gasteiger partial charge in [-0.15, -0.1) is 0 Å². The van der Waals surface area contributed by atoms with E-state index in [0.29, 0.717) is 0 Å². The molecule has 5 nitrogen and oxygen atoms in total. The van der Waals surface area contributed by atoms with Gasteiger partial charge in [-0.25, -0.2) is 4.98 Å². The average Bonchev–Trinajstić information content (AvgIpc) is 3.37. The van der Waals surface area contributed by atoms with E-state index in [4.69, 9.17) is 19.2 Å². The van der Waals surface area contributed by atoms with Gasteiger partial charge in [0, 0.05) is 26.5 Å². The number of nitrogens with zero attached hydrogens (tertiary/aromatic N) is 2. The minimum Gasteiger partial charge on any atom is -0.460 e. The molecule has 0 spiro atoms. The molecule has 0 unspecified atom stereocenters. The van der Waals surface area contributed by atoms with Crippen molar-refractivity contribution in [2.24, 2.45) is 0 Å². The molecule has 192 valence electrons.